The lowest BCUT2D eigenvalue weighted by atomic mass is 9.78. The zero-order valence-corrected chi connectivity index (χ0v) is 9.10. The van der Waals surface area contributed by atoms with Crippen molar-refractivity contribution in [2.45, 2.75) is 31.6 Å². The lowest BCUT2D eigenvalue weighted by Crippen LogP contribution is -2.40. The van der Waals surface area contributed by atoms with Crippen molar-refractivity contribution < 1.29 is 9.90 Å². The van der Waals surface area contributed by atoms with Gasteiger partial charge in [0.2, 0.25) is 0 Å². The van der Waals surface area contributed by atoms with E-state index in [2.05, 4.69) is 4.98 Å². The van der Waals surface area contributed by atoms with Crippen LogP contribution in [0.3, 0.4) is 0 Å². The Morgan fingerprint density at radius 1 is 1.73 bits per heavy atom. The summed E-state index contributed by atoms with van der Waals surface area (Å²) in [6.45, 7) is 2.01. The van der Waals surface area contributed by atoms with E-state index >= 15 is 0 Å². The summed E-state index contributed by atoms with van der Waals surface area (Å²) in [5, 5.41) is 9.48. The molecular formula is C11H16N2O2. The number of aliphatic carboxylic acids is 1. The molecular weight excluding hydrogens is 192 g/mol. The van der Waals surface area contributed by atoms with Crippen LogP contribution in [0.2, 0.25) is 0 Å². The van der Waals surface area contributed by atoms with Crippen LogP contribution in [-0.2, 0) is 17.3 Å². The molecule has 0 radical (unpaired) electrons. The second kappa shape index (κ2) is 3.36. The standard InChI is InChI=1S/C11H16N2O2/c1-8-4-3-5-11(8,10(14)15)9-12-6-7-13(9)2/h6-8H,3-5H2,1-2H3,(H,14,15). The molecule has 2 rings (SSSR count). The van der Waals surface area contributed by atoms with Gasteiger partial charge < -0.3 is 9.67 Å². The first-order valence-corrected chi connectivity index (χ1v) is 5.30. The van der Waals surface area contributed by atoms with E-state index in [1.54, 1.807) is 6.20 Å². The summed E-state index contributed by atoms with van der Waals surface area (Å²) in [7, 11) is 1.86. The molecule has 1 saturated carbocycles. The molecule has 0 spiro atoms. The molecule has 0 bridgehead atoms. The lowest BCUT2D eigenvalue weighted by molar-refractivity contribution is -0.145. The van der Waals surface area contributed by atoms with Gasteiger partial charge in [-0.05, 0) is 18.8 Å². The molecule has 2 unspecified atom stereocenters. The maximum atomic E-state index is 11.5. The van der Waals surface area contributed by atoms with Crippen LogP contribution in [0.25, 0.3) is 0 Å². The quantitative estimate of drug-likeness (QED) is 0.802. The Balaban J connectivity index is 2.53. The molecule has 1 aliphatic rings. The van der Waals surface area contributed by atoms with Crippen LogP contribution in [0.1, 0.15) is 32.0 Å². The number of imidazole rings is 1. The average molecular weight is 208 g/mol. The first-order chi connectivity index (χ1) is 7.09. The summed E-state index contributed by atoms with van der Waals surface area (Å²) in [6.07, 6.45) is 6.13. The molecule has 1 heterocycles. The van der Waals surface area contributed by atoms with Crippen molar-refractivity contribution in [1.82, 2.24) is 9.55 Å². The molecule has 1 fully saturated rings. The molecule has 1 N–H and O–H groups in total. The first kappa shape index (κ1) is 10.2. The summed E-state index contributed by atoms with van der Waals surface area (Å²) in [5.41, 5.74) is -0.766. The highest BCUT2D eigenvalue weighted by atomic mass is 16.4. The zero-order chi connectivity index (χ0) is 11.1. The number of hydrogen-bond acceptors (Lipinski definition) is 2. The van der Waals surface area contributed by atoms with Crippen LogP contribution in [0.5, 0.6) is 0 Å². The SMILES string of the molecule is CC1CCCC1(C(=O)O)c1nccn1C. The molecule has 82 valence electrons. The third-order valence-electron chi connectivity index (χ3n) is 3.65. The van der Waals surface area contributed by atoms with Crippen LogP contribution in [0, 0.1) is 5.92 Å². The number of aryl methyl sites for hydroxylation is 1. The Bertz CT molecular complexity index is 386. The molecule has 4 heteroatoms. The highest BCUT2D eigenvalue weighted by molar-refractivity contribution is 5.81. The van der Waals surface area contributed by atoms with Gasteiger partial charge in [0.15, 0.2) is 0 Å². The predicted molar refractivity (Wildman–Crippen MR) is 55.5 cm³/mol. The summed E-state index contributed by atoms with van der Waals surface area (Å²) in [6, 6.07) is 0. The number of hydrogen-bond donors (Lipinski definition) is 1. The first-order valence-electron chi connectivity index (χ1n) is 5.30. The molecule has 1 aliphatic carbocycles. The molecule has 0 aliphatic heterocycles. The van der Waals surface area contributed by atoms with Crippen molar-refractivity contribution >= 4 is 5.97 Å². The van der Waals surface area contributed by atoms with Crippen LogP contribution in [0.4, 0.5) is 0 Å². The number of aromatic nitrogens is 2. The van der Waals surface area contributed by atoms with Crippen LogP contribution in [0.15, 0.2) is 12.4 Å². The van der Waals surface area contributed by atoms with Crippen molar-refractivity contribution in [3.05, 3.63) is 18.2 Å². The number of carbonyl (C=O) groups is 1. The van der Waals surface area contributed by atoms with Gasteiger partial charge in [-0.15, -0.1) is 0 Å². The van der Waals surface area contributed by atoms with E-state index in [9.17, 15) is 9.90 Å². The molecule has 1 aromatic rings. The van der Waals surface area contributed by atoms with E-state index in [1.807, 2.05) is 24.7 Å². The van der Waals surface area contributed by atoms with Gasteiger partial charge in [0.25, 0.3) is 0 Å². The van der Waals surface area contributed by atoms with Crippen molar-refractivity contribution in [3.8, 4) is 0 Å². The summed E-state index contributed by atoms with van der Waals surface area (Å²) < 4.78 is 1.83. The Labute approximate surface area is 88.9 Å². The molecule has 0 aromatic carbocycles. The molecule has 0 saturated heterocycles. The minimum absolute atomic E-state index is 0.163. The largest absolute Gasteiger partial charge is 0.480 e. The second-order valence-corrected chi connectivity index (χ2v) is 4.43. The van der Waals surface area contributed by atoms with Crippen LogP contribution in [-0.4, -0.2) is 20.6 Å². The van der Waals surface area contributed by atoms with Crippen molar-refractivity contribution in [2.24, 2.45) is 13.0 Å². The number of carboxylic acids is 1. The fraction of sp³-hybridized carbons (Fsp3) is 0.636. The third kappa shape index (κ3) is 1.28. The maximum Gasteiger partial charge on any atom is 0.317 e. The maximum absolute atomic E-state index is 11.5. The van der Waals surface area contributed by atoms with E-state index in [-0.39, 0.29) is 5.92 Å². The van der Waals surface area contributed by atoms with Crippen molar-refractivity contribution in [1.29, 1.82) is 0 Å². The van der Waals surface area contributed by atoms with E-state index in [4.69, 9.17) is 0 Å². The topological polar surface area (TPSA) is 55.1 Å². The second-order valence-electron chi connectivity index (χ2n) is 4.43. The predicted octanol–water partition coefficient (Wildman–Crippen LogP) is 1.56. The van der Waals surface area contributed by atoms with Gasteiger partial charge in [-0.1, -0.05) is 13.3 Å². The molecule has 4 nitrogen and oxygen atoms in total. The molecule has 1 aromatic heterocycles. The minimum Gasteiger partial charge on any atom is -0.480 e. The van der Waals surface area contributed by atoms with Gasteiger partial charge in [-0.25, -0.2) is 4.98 Å². The minimum atomic E-state index is -0.766. The number of nitrogens with zero attached hydrogens (tertiary/aromatic N) is 2. The van der Waals surface area contributed by atoms with Gasteiger partial charge >= 0.3 is 5.97 Å². The normalized spacial score (nSPS) is 30.7. The highest BCUT2D eigenvalue weighted by Crippen LogP contribution is 2.44. The van der Waals surface area contributed by atoms with E-state index < -0.39 is 11.4 Å². The average Bonchev–Trinajstić information content (AvgIpc) is 2.72. The van der Waals surface area contributed by atoms with Gasteiger partial charge in [0.1, 0.15) is 11.2 Å². The number of rotatable bonds is 2. The smallest absolute Gasteiger partial charge is 0.317 e. The monoisotopic (exact) mass is 208 g/mol. The Morgan fingerprint density at radius 2 is 2.47 bits per heavy atom. The van der Waals surface area contributed by atoms with Gasteiger partial charge in [0, 0.05) is 19.4 Å². The van der Waals surface area contributed by atoms with Crippen molar-refractivity contribution in [2.75, 3.05) is 0 Å². The molecule has 15 heavy (non-hydrogen) atoms. The van der Waals surface area contributed by atoms with E-state index in [0.29, 0.717) is 12.2 Å². The Hall–Kier alpha value is -1.32. The Kier molecular flexibility index (Phi) is 2.29. The van der Waals surface area contributed by atoms with Gasteiger partial charge in [0.05, 0.1) is 0 Å². The Morgan fingerprint density at radius 3 is 2.87 bits per heavy atom. The summed E-state index contributed by atoms with van der Waals surface area (Å²) in [4.78, 5) is 15.8. The van der Waals surface area contributed by atoms with Gasteiger partial charge in [-0.3, -0.25) is 4.79 Å². The lowest BCUT2D eigenvalue weighted by Gasteiger charge is -2.28. The van der Waals surface area contributed by atoms with Crippen LogP contribution >= 0.6 is 0 Å². The van der Waals surface area contributed by atoms with Gasteiger partial charge in [-0.2, -0.15) is 0 Å². The fourth-order valence-electron chi connectivity index (χ4n) is 2.72. The van der Waals surface area contributed by atoms with E-state index in [0.717, 1.165) is 12.8 Å². The van der Waals surface area contributed by atoms with E-state index in [1.165, 1.54) is 0 Å². The molecule has 0 amide bonds. The fourth-order valence-corrected chi connectivity index (χ4v) is 2.72. The zero-order valence-electron chi connectivity index (χ0n) is 9.10. The number of carboxylic acid groups (broad SMARTS) is 1. The third-order valence-corrected chi connectivity index (χ3v) is 3.65. The van der Waals surface area contributed by atoms with Crippen LogP contribution < -0.4 is 0 Å². The molecule has 2 atom stereocenters. The summed E-state index contributed by atoms with van der Waals surface area (Å²) >= 11 is 0. The van der Waals surface area contributed by atoms with Crippen molar-refractivity contribution in [3.63, 3.8) is 0 Å². The summed E-state index contributed by atoms with van der Waals surface area (Å²) in [5.74, 6) is 0.123. The highest BCUT2D eigenvalue weighted by Gasteiger charge is 2.51.